The molecule has 3 nitrogen and oxygen atoms in total. The molecule has 10 heavy (non-hydrogen) atoms. The van der Waals surface area contributed by atoms with Gasteiger partial charge >= 0.3 is 0 Å². The minimum absolute atomic E-state index is 0.0165. The molecule has 0 aliphatic carbocycles. The summed E-state index contributed by atoms with van der Waals surface area (Å²) < 4.78 is 5.20. The Bertz CT molecular complexity index is 113. The highest BCUT2D eigenvalue weighted by molar-refractivity contribution is 7.55. The topological polar surface area (TPSA) is 49.7 Å². The lowest BCUT2D eigenvalue weighted by Crippen LogP contribution is -2.24. The Morgan fingerprint density at radius 2 is 2.40 bits per heavy atom. The fraction of sp³-hybridized carbons (Fsp3) is 1.00. The minimum atomic E-state index is -0.508. The smallest absolute Gasteiger partial charge is 0.177 e. The summed E-state index contributed by atoms with van der Waals surface area (Å²) in [7, 11) is 2.43. The zero-order valence-electron chi connectivity index (χ0n) is 5.60. The van der Waals surface area contributed by atoms with Gasteiger partial charge in [-0.05, 0) is 6.42 Å². The van der Waals surface area contributed by atoms with E-state index in [1.54, 1.807) is 7.00 Å². The fourth-order valence-corrected chi connectivity index (χ4v) is 1.30. The highest BCUT2D eigenvalue weighted by Gasteiger charge is 2.32. The fourth-order valence-electron chi connectivity index (χ4n) is 1.05. The van der Waals surface area contributed by atoms with Crippen LogP contribution >= 0.6 is 9.12 Å². The number of aliphatic hydroxyl groups excluding tert-OH is 2. The molecule has 1 fully saturated rings. The van der Waals surface area contributed by atoms with Crippen molar-refractivity contribution in [1.82, 2.24) is 0 Å². The summed E-state index contributed by atoms with van der Waals surface area (Å²) in [5, 5.41) is 17.8. The maximum absolute atomic E-state index is 9.18. The number of ether oxygens (including phenoxy) is 1. The molecule has 0 aromatic carbocycles. The van der Waals surface area contributed by atoms with Crippen molar-refractivity contribution in [1.29, 1.82) is 0 Å². The van der Waals surface area contributed by atoms with E-state index >= 15 is 0 Å². The third-order valence-electron chi connectivity index (χ3n) is 1.65. The average Bonchev–Trinajstić information content (AvgIpc) is 2.30. The van der Waals surface area contributed by atoms with Gasteiger partial charge in [0.05, 0.1) is 12.7 Å². The second-order valence-corrected chi connectivity index (χ2v) is 2.78. The minimum Gasteiger partial charge on any atom is -0.394 e. The summed E-state index contributed by atoms with van der Waals surface area (Å²) >= 11 is 0. The number of hydrogen-bond acceptors (Lipinski definition) is 3. The molecule has 0 spiro atoms. The summed E-state index contributed by atoms with van der Waals surface area (Å²) in [6, 6.07) is -0.0165. The van der Waals surface area contributed by atoms with Crippen molar-refractivity contribution in [3.8, 4) is 0 Å². The Labute approximate surface area is 63.2 Å². The largest absolute Gasteiger partial charge is 0.394 e. The monoisotopic (exact) mass is 161 g/mol. The molecule has 57 valence electrons. The Balaban J connectivity index is 2.36. The van der Waals surface area contributed by atoms with E-state index < -0.39 is 6.10 Å². The van der Waals surface area contributed by atoms with Gasteiger partial charge in [0.15, 0.2) is 7.00 Å². The van der Waals surface area contributed by atoms with E-state index in [2.05, 4.69) is 9.12 Å². The van der Waals surface area contributed by atoms with Crippen LogP contribution in [0.5, 0.6) is 0 Å². The van der Waals surface area contributed by atoms with Crippen LogP contribution in [-0.4, -0.2) is 42.0 Å². The molecule has 1 radical (unpaired) electrons. The van der Waals surface area contributed by atoms with Crippen molar-refractivity contribution in [2.75, 3.05) is 6.61 Å². The highest BCUT2D eigenvalue weighted by atomic mass is 31.0. The van der Waals surface area contributed by atoms with Gasteiger partial charge < -0.3 is 14.9 Å². The second-order valence-electron chi connectivity index (χ2n) is 2.39. The van der Waals surface area contributed by atoms with Crippen LogP contribution in [0.2, 0.25) is 0 Å². The van der Waals surface area contributed by atoms with Crippen LogP contribution in [-0.2, 0) is 4.74 Å². The lowest BCUT2D eigenvalue weighted by atomic mass is 9.94. The Kier molecular flexibility index (Phi) is 3.11. The molecular weight excluding hydrogens is 150 g/mol. The van der Waals surface area contributed by atoms with Gasteiger partial charge in [0.2, 0.25) is 0 Å². The molecule has 0 saturated carbocycles. The maximum atomic E-state index is 9.18. The van der Waals surface area contributed by atoms with Crippen molar-refractivity contribution in [2.24, 2.45) is 0 Å². The summed E-state index contributed by atoms with van der Waals surface area (Å²) in [5.74, 6) is 0. The third-order valence-corrected chi connectivity index (χ3v) is 2.08. The first kappa shape index (κ1) is 8.47. The molecule has 1 aliphatic rings. The predicted octanol–water partition coefficient (Wildman–Crippen LogP) is -1.05. The van der Waals surface area contributed by atoms with Crippen molar-refractivity contribution in [3.63, 3.8) is 0 Å². The van der Waals surface area contributed by atoms with Crippen LogP contribution in [0.25, 0.3) is 0 Å². The molecule has 0 amide bonds. The lowest BCUT2D eigenvalue weighted by Gasteiger charge is -2.09. The highest BCUT2D eigenvalue weighted by Crippen LogP contribution is 2.19. The second kappa shape index (κ2) is 3.68. The molecule has 1 heterocycles. The van der Waals surface area contributed by atoms with Gasteiger partial charge in [-0.15, -0.1) is 0 Å². The summed E-state index contributed by atoms with van der Waals surface area (Å²) in [4.78, 5) is 0. The lowest BCUT2D eigenvalue weighted by molar-refractivity contribution is -0.00429. The normalized spacial score (nSPS) is 40.1. The number of rotatable bonds is 2. The van der Waals surface area contributed by atoms with Crippen LogP contribution in [0.15, 0.2) is 0 Å². The van der Waals surface area contributed by atoms with Crippen molar-refractivity contribution >= 4 is 16.1 Å². The van der Waals surface area contributed by atoms with Crippen LogP contribution < -0.4 is 0 Å². The molecule has 0 bridgehead atoms. The Morgan fingerprint density at radius 3 is 2.70 bits per heavy atom. The van der Waals surface area contributed by atoms with Crippen molar-refractivity contribution in [3.05, 3.63) is 0 Å². The molecule has 1 rings (SSSR count). The Morgan fingerprint density at radius 1 is 1.70 bits per heavy atom. The quantitative estimate of drug-likeness (QED) is 0.401. The first-order valence-corrected chi connectivity index (χ1v) is 3.94. The molecule has 5 heteroatoms. The summed E-state index contributed by atoms with van der Waals surface area (Å²) in [5.41, 5.74) is 0. The zero-order chi connectivity index (χ0) is 7.56. The number of hydrogen-bond donors (Lipinski definition) is 2. The molecule has 0 aromatic heterocycles. The van der Waals surface area contributed by atoms with Crippen LogP contribution in [0.3, 0.4) is 0 Å². The molecule has 0 aromatic rings. The zero-order valence-corrected chi connectivity index (χ0v) is 6.76. The van der Waals surface area contributed by atoms with E-state index in [0.29, 0.717) is 6.42 Å². The van der Waals surface area contributed by atoms with Gasteiger partial charge in [-0.1, -0.05) is 0 Å². The summed E-state index contributed by atoms with van der Waals surface area (Å²) in [6.07, 6.45) is -0.303. The SMILES string of the molecule is OC[C@H]1O[C@@H]([B]P)CC1O. The van der Waals surface area contributed by atoms with Crippen molar-refractivity contribution < 1.29 is 14.9 Å². The van der Waals surface area contributed by atoms with E-state index in [9.17, 15) is 5.11 Å². The first-order valence-electron chi connectivity index (χ1n) is 3.27. The average molecular weight is 161 g/mol. The van der Waals surface area contributed by atoms with Gasteiger partial charge in [0.25, 0.3) is 0 Å². The molecule has 2 unspecified atom stereocenters. The first-order chi connectivity index (χ1) is 4.77. The van der Waals surface area contributed by atoms with Crippen LogP contribution in [0.4, 0.5) is 0 Å². The van der Waals surface area contributed by atoms with E-state index in [0.717, 1.165) is 0 Å². The van der Waals surface area contributed by atoms with E-state index in [4.69, 9.17) is 9.84 Å². The van der Waals surface area contributed by atoms with Gasteiger partial charge in [0.1, 0.15) is 6.10 Å². The van der Waals surface area contributed by atoms with E-state index in [1.807, 2.05) is 0 Å². The van der Waals surface area contributed by atoms with Gasteiger partial charge in [-0.2, -0.15) is 9.12 Å². The molecule has 2 N–H and O–H groups in total. The van der Waals surface area contributed by atoms with Crippen LogP contribution in [0, 0.1) is 0 Å². The van der Waals surface area contributed by atoms with E-state index in [1.165, 1.54) is 0 Å². The van der Waals surface area contributed by atoms with E-state index in [-0.39, 0.29) is 18.7 Å². The Hall–Kier alpha value is 0.375. The van der Waals surface area contributed by atoms with Gasteiger partial charge in [-0.3, -0.25) is 0 Å². The predicted molar refractivity (Wildman–Crippen MR) is 41.8 cm³/mol. The summed E-state index contributed by atoms with van der Waals surface area (Å²) in [6.45, 7) is 1.70. The van der Waals surface area contributed by atoms with Gasteiger partial charge in [0, 0.05) is 6.00 Å². The molecular formula is C5H11BO3P. The molecule has 4 atom stereocenters. The van der Waals surface area contributed by atoms with Gasteiger partial charge in [-0.25, -0.2) is 0 Å². The maximum Gasteiger partial charge on any atom is 0.177 e. The third kappa shape index (κ3) is 1.70. The standard InChI is InChI=1S/C5H11BO3P/c7-2-4-3(8)1-5(6-10)9-4/h3-5,7-8H,1-2,10H2/t3?,4-,5-/m1/s1. The van der Waals surface area contributed by atoms with Crippen molar-refractivity contribution in [2.45, 2.75) is 24.6 Å². The molecule has 1 saturated heterocycles. The number of aliphatic hydroxyl groups is 2. The molecule has 1 aliphatic heterocycles. The van der Waals surface area contributed by atoms with Crippen LogP contribution in [0.1, 0.15) is 6.42 Å².